The smallest absolute Gasteiger partial charge is 0.266 e. The molecule has 0 bridgehead atoms. The zero-order chi connectivity index (χ0) is 14.4. The number of carbonyl (C=O) groups is 1. The number of halogens is 1. The van der Waals surface area contributed by atoms with Crippen molar-refractivity contribution in [3.05, 3.63) is 35.1 Å². The third-order valence-corrected chi connectivity index (χ3v) is 3.14. The van der Waals surface area contributed by atoms with Crippen LogP contribution in [0.3, 0.4) is 0 Å². The molecule has 0 spiro atoms. The van der Waals surface area contributed by atoms with E-state index in [9.17, 15) is 9.18 Å². The maximum atomic E-state index is 13.2. The first-order valence-corrected chi connectivity index (χ1v) is 6.66. The maximum absolute atomic E-state index is 13.2. The van der Waals surface area contributed by atoms with Gasteiger partial charge >= 0.3 is 0 Å². The van der Waals surface area contributed by atoms with Crippen molar-refractivity contribution in [3.63, 3.8) is 0 Å². The normalized spacial score (nSPS) is 15.3. The van der Waals surface area contributed by atoms with Crippen molar-refractivity contribution in [2.24, 2.45) is 0 Å². The molecule has 2 rings (SSSR count). The van der Waals surface area contributed by atoms with Crippen LogP contribution < -0.4 is 5.43 Å². The zero-order valence-electron chi connectivity index (χ0n) is 11.2. The molecule has 2 N–H and O–H groups in total. The highest BCUT2D eigenvalue weighted by molar-refractivity contribution is 5.96. The summed E-state index contributed by atoms with van der Waals surface area (Å²) in [7, 11) is 0. The molecule has 1 aromatic rings. The van der Waals surface area contributed by atoms with Crippen LogP contribution >= 0.6 is 0 Å². The lowest BCUT2D eigenvalue weighted by Gasteiger charge is -2.26. The first kappa shape index (κ1) is 14.5. The lowest BCUT2D eigenvalue weighted by Crippen LogP contribution is -2.45. The van der Waals surface area contributed by atoms with Crippen molar-refractivity contribution in [1.82, 2.24) is 10.4 Å². The van der Waals surface area contributed by atoms with Gasteiger partial charge in [0.1, 0.15) is 12.4 Å². The number of piperidine rings is 1. The molecule has 0 unspecified atom stereocenters. The van der Waals surface area contributed by atoms with Crippen molar-refractivity contribution in [2.75, 3.05) is 19.7 Å². The van der Waals surface area contributed by atoms with E-state index in [1.165, 1.54) is 24.6 Å². The van der Waals surface area contributed by atoms with Gasteiger partial charge in [0.05, 0.1) is 5.56 Å². The summed E-state index contributed by atoms with van der Waals surface area (Å²) in [5.74, 6) is 4.28. The van der Waals surface area contributed by atoms with Gasteiger partial charge in [-0.3, -0.25) is 10.2 Å². The second-order valence-corrected chi connectivity index (χ2v) is 4.64. The number of hydrazine groups is 1. The Labute approximate surface area is 117 Å². The van der Waals surface area contributed by atoms with E-state index in [-0.39, 0.29) is 18.1 Å². The molecule has 1 amide bonds. The molecule has 1 heterocycles. The first-order chi connectivity index (χ1) is 9.70. The summed E-state index contributed by atoms with van der Waals surface area (Å²) >= 11 is 0. The second kappa shape index (κ2) is 7.04. The van der Waals surface area contributed by atoms with Gasteiger partial charge in [0.25, 0.3) is 5.91 Å². The quantitative estimate of drug-likeness (QED) is 0.801. The summed E-state index contributed by atoms with van der Waals surface area (Å²) in [4.78, 5) is 12.2. The number of nitrogens with one attached hydrogen (secondary N) is 1. The number of amides is 1. The summed E-state index contributed by atoms with van der Waals surface area (Å²) in [6, 6.07) is 3.85. The molecule has 1 aliphatic heterocycles. The average Bonchev–Trinajstić information content (AvgIpc) is 2.46. The Bertz CT molecular complexity index is 543. The highest BCUT2D eigenvalue weighted by atomic mass is 19.1. The Morgan fingerprint density at radius 1 is 1.35 bits per heavy atom. The van der Waals surface area contributed by atoms with E-state index in [1.54, 1.807) is 0 Å². The molecule has 1 aromatic carbocycles. The van der Waals surface area contributed by atoms with Crippen LogP contribution in [-0.2, 0) is 0 Å². The number of rotatable bonds is 2. The summed E-state index contributed by atoms with van der Waals surface area (Å²) in [5.41, 5.74) is 3.42. The Morgan fingerprint density at radius 2 is 2.10 bits per heavy atom. The van der Waals surface area contributed by atoms with Crippen molar-refractivity contribution in [1.29, 1.82) is 0 Å². The fraction of sp³-hybridized carbons (Fsp3) is 0.400. The van der Waals surface area contributed by atoms with Gasteiger partial charge in [-0.1, -0.05) is 18.3 Å². The maximum Gasteiger partial charge on any atom is 0.266 e. The molecule has 0 aromatic heterocycles. The number of aliphatic hydroxyl groups is 1. The minimum Gasteiger partial charge on any atom is -0.384 e. The SMILES string of the molecule is O=C(NN1CCCCC1)c1ccc(F)cc1C#CCO. The number of benzene rings is 1. The van der Waals surface area contributed by atoms with Crippen molar-refractivity contribution in [2.45, 2.75) is 19.3 Å². The summed E-state index contributed by atoms with van der Waals surface area (Å²) < 4.78 is 13.2. The molecule has 4 nitrogen and oxygen atoms in total. The standard InChI is InChI=1S/C15H17FN2O2/c16-13-6-7-14(12(11-13)5-4-10-19)15(20)17-18-8-2-1-3-9-18/h6-7,11,19H,1-3,8-10H2,(H,17,20). The van der Waals surface area contributed by atoms with Gasteiger partial charge in [0.2, 0.25) is 0 Å². The van der Waals surface area contributed by atoms with Crippen LogP contribution in [-0.4, -0.2) is 35.7 Å². The van der Waals surface area contributed by atoms with E-state index in [1.807, 2.05) is 5.01 Å². The van der Waals surface area contributed by atoms with Crippen LogP contribution in [0.1, 0.15) is 35.2 Å². The summed E-state index contributed by atoms with van der Waals surface area (Å²) in [6.07, 6.45) is 3.29. The first-order valence-electron chi connectivity index (χ1n) is 6.66. The van der Waals surface area contributed by atoms with Crippen LogP contribution in [0.4, 0.5) is 4.39 Å². The fourth-order valence-corrected chi connectivity index (χ4v) is 2.16. The predicted octanol–water partition coefficient (Wildman–Crippen LogP) is 1.30. The molecule has 20 heavy (non-hydrogen) atoms. The average molecular weight is 276 g/mol. The minimum atomic E-state index is -0.457. The fourth-order valence-electron chi connectivity index (χ4n) is 2.16. The predicted molar refractivity (Wildman–Crippen MR) is 73.3 cm³/mol. The molecule has 5 heteroatoms. The molecule has 0 atom stereocenters. The number of hydrogen-bond acceptors (Lipinski definition) is 3. The molecule has 0 radical (unpaired) electrons. The highest BCUT2D eigenvalue weighted by Gasteiger charge is 2.16. The van der Waals surface area contributed by atoms with E-state index in [0.717, 1.165) is 25.9 Å². The van der Waals surface area contributed by atoms with Crippen LogP contribution in [0.5, 0.6) is 0 Å². The van der Waals surface area contributed by atoms with Crippen LogP contribution in [0, 0.1) is 17.7 Å². The number of hydrogen-bond donors (Lipinski definition) is 2. The van der Waals surface area contributed by atoms with Crippen molar-refractivity contribution < 1.29 is 14.3 Å². The Morgan fingerprint density at radius 3 is 2.80 bits per heavy atom. The van der Waals surface area contributed by atoms with Gasteiger partial charge in [-0.2, -0.15) is 0 Å². The van der Waals surface area contributed by atoms with E-state index in [4.69, 9.17) is 5.11 Å². The van der Waals surface area contributed by atoms with Crippen LogP contribution in [0.2, 0.25) is 0 Å². The van der Waals surface area contributed by atoms with Gasteiger partial charge in [-0.25, -0.2) is 9.40 Å². The third kappa shape index (κ3) is 3.80. The molecular weight excluding hydrogens is 259 g/mol. The van der Waals surface area contributed by atoms with Gasteiger partial charge in [0, 0.05) is 18.7 Å². The number of carbonyl (C=O) groups excluding carboxylic acids is 1. The molecule has 0 aliphatic carbocycles. The van der Waals surface area contributed by atoms with Gasteiger partial charge < -0.3 is 5.11 Å². The van der Waals surface area contributed by atoms with Gasteiger partial charge in [-0.15, -0.1) is 0 Å². The monoisotopic (exact) mass is 276 g/mol. The molecule has 1 saturated heterocycles. The summed E-state index contributed by atoms with van der Waals surface area (Å²) in [6.45, 7) is 1.32. The largest absolute Gasteiger partial charge is 0.384 e. The Kier molecular flexibility index (Phi) is 5.10. The van der Waals surface area contributed by atoms with E-state index in [2.05, 4.69) is 17.3 Å². The van der Waals surface area contributed by atoms with Crippen LogP contribution in [0.15, 0.2) is 18.2 Å². The lowest BCUT2D eigenvalue weighted by molar-refractivity contribution is 0.0750. The van der Waals surface area contributed by atoms with Gasteiger partial charge in [0.15, 0.2) is 0 Å². The van der Waals surface area contributed by atoms with Crippen molar-refractivity contribution >= 4 is 5.91 Å². The molecule has 1 aliphatic rings. The van der Waals surface area contributed by atoms with E-state index < -0.39 is 5.82 Å². The molecule has 0 saturated carbocycles. The summed E-state index contributed by atoms with van der Waals surface area (Å²) in [5, 5.41) is 10.6. The zero-order valence-corrected chi connectivity index (χ0v) is 11.2. The highest BCUT2D eigenvalue weighted by Crippen LogP contribution is 2.12. The third-order valence-electron chi connectivity index (χ3n) is 3.14. The molecular formula is C15H17FN2O2. The second-order valence-electron chi connectivity index (χ2n) is 4.64. The van der Waals surface area contributed by atoms with E-state index >= 15 is 0 Å². The topological polar surface area (TPSA) is 52.6 Å². The molecule has 1 fully saturated rings. The van der Waals surface area contributed by atoms with Crippen molar-refractivity contribution in [3.8, 4) is 11.8 Å². The van der Waals surface area contributed by atoms with E-state index in [0.29, 0.717) is 5.56 Å². The Balaban J connectivity index is 2.15. The molecule has 106 valence electrons. The van der Waals surface area contributed by atoms with Gasteiger partial charge in [-0.05, 0) is 31.0 Å². The minimum absolute atomic E-state index is 0.286. The number of aliphatic hydroxyl groups excluding tert-OH is 1. The van der Waals surface area contributed by atoms with Crippen LogP contribution in [0.25, 0.3) is 0 Å². The number of nitrogens with zero attached hydrogens (tertiary/aromatic N) is 1. The lowest BCUT2D eigenvalue weighted by atomic mass is 10.1. The Hall–Kier alpha value is -1.90.